The molecule has 1 fully saturated rings. The highest BCUT2D eigenvalue weighted by atomic mass is 16.3. The van der Waals surface area contributed by atoms with E-state index in [2.05, 4.69) is 39.4 Å². The van der Waals surface area contributed by atoms with Crippen molar-refractivity contribution in [3.8, 4) is 0 Å². The van der Waals surface area contributed by atoms with Gasteiger partial charge in [0.15, 0.2) is 0 Å². The van der Waals surface area contributed by atoms with E-state index in [0.717, 1.165) is 45.4 Å². The monoisotopic (exact) mass is 303 g/mol. The van der Waals surface area contributed by atoms with Crippen LogP contribution in [-0.2, 0) is 11.2 Å². The zero-order valence-electron chi connectivity index (χ0n) is 13.0. The Bertz CT molecular complexity index is 512. The van der Waals surface area contributed by atoms with Gasteiger partial charge in [-0.05, 0) is 30.9 Å². The molecule has 0 bridgehead atoms. The number of carbonyl (C=O) groups is 1. The van der Waals surface area contributed by atoms with Gasteiger partial charge in [-0.3, -0.25) is 9.69 Å². The van der Waals surface area contributed by atoms with Gasteiger partial charge in [0.25, 0.3) is 0 Å². The van der Waals surface area contributed by atoms with Crippen molar-refractivity contribution >= 4 is 11.6 Å². The first kappa shape index (κ1) is 15.3. The lowest BCUT2D eigenvalue weighted by molar-refractivity contribution is -0.122. The summed E-state index contributed by atoms with van der Waals surface area (Å²) < 4.78 is 0. The van der Waals surface area contributed by atoms with Crippen LogP contribution in [0.5, 0.6) is 0 Å². The lowest BCUT2D eigenvalue weighted by atomic mass is 10.1. The molecule has 1 aromatic carbocycles. The Morgan fingerprint density at radius 3 is 2.82 bits per heavy atom. The molecular weight excluding hydrogens is 278 g/mol. The number of amides is 1. The quantitative estimate of drug-likeness (QED) is 0.837. The van der Waals surface area contributed by atoms with Gasteiger partial charge >= 0.3 is 0 Å². The number of hydrogen-bond donors (Lipinski definition) is 2. The Balaban J connectivity index is 1.38. The first-order valence-corrected chi connectivity index (χ1v) is 8.22. The van der Waals surface area contributed by atoms with E-state index in [9.17, 15) is 9.90 Å². The number of carbonyl (C=O) groups excluding carboxylic acids is 1. The Labute approximate surface area is 131 Å². The number of nitrogens with one attached hydrogen (secondary N) is 1. The minimum atomic E-state index is -0.186. The topological polar surface area (TPSA) is 55.8 Å². The molecule has 1 amide bonds. The van der Waals surface area contributed by atoms with E-state index in [1.54, 1.807) is 0 Å². The van der Waals surface area contributed by atoms with E-state index in [-0.39, 0.29) is 12.0 Å². The molecule has 1 aromatic rings. The van der Waals surface area contributed by atoms with Gasteiger partial charge in [0.1, 0.15) is 0 Å². The Morgan fingerprint density at radius 2 is 2.00 bits per heavy atom. The highest BCUT2D eigenvalue weighted by Crippen LogP contribution is 2.26. The first-order valence-electron chi connectivity index (χ1n) is 8.22. The van der Waals surface area contributed by atoms with Crippen LogP contribution >= 0.6 is 0 Å². The molecule has 5 nitrogen and oxygen atoms in total. The van der Waals surface area contributed by atoms with Crippen LogP contribution in [0.2, 0.25) is 0 Å². The largest absolute Gasteiger partial charge is 0.393 e. The zero-order valence-corrected chi connectivity index (χ0v) is 13.0. The van der Waals surface area contributed by atoms with Gasteiger partial charge in [-0.25, -0.2) is 0 Å². The van der Waals surface area contributed by atoms with Gasteiger partial charge in [0, 0.05) is 38.4 Å². The molecule has 2 N–H and O–H groups in total. The summed E-state index contributed by atoms with van der Waals surface area (Å²) >= 11 is 0. The van der Waals surface area contributed by atoms with Crippen LogP contribution in [0.15, 0.2) is 24.3 Å². The van der Waals surface area contributed by atoms with E-state index >= 15 is 0 Å². The molecule has 3 rings (SSSR count). The first-order chi connectivity index (χ1) is 10.7. The number of fused-ring (bicyclic) bond motifs is 1. The predicted octanol–water partition coefficient (Wildman–Crippen LogP) is 0.622. The van der Waals surface area contributed by atoms with Crippen molar-refractivity contribution in [3.63, 3.8) is 0 Å². The van der Waals surface area contributed by atoms with Crippen molar-refractivity contribution in [1.29, 1.82) is 0 Å². The van der Waals surface area contributed by atoms with Crippen molar-refractivity contribution in [2.45, 2.75) is 25.4 Å². The molecule has 120 valence electrons. The number of aliphatic hydroxyl groups is 1. The smallest absolute Gasteiger partial charge is 0.234 e. The standard InChI is InChI=1S/C17H25N3O2/c21-15-6-9-19(10-7-15)13-17(22)18-8-12-20-11-5-14-3-1-2-4-16(14)20/h1-4,15,21H,5-13H2,(H,18,22). The molecule has 2 heterocycles. The van der Waals surface area contributed by atoms with Gasteiger partial charge in [-0.2, -0.15) is 0 Å². The van der Waals surface area contributed by atoms with Crippen molar-refractivity contribution in [3.05, 3.63) is 29.8 Å². The second kappa shape index (κ2) is 7.11. The van der Waals surface area contributed by atoms with Crippen molar-refractivity contribution < 1.29 is 9.90 Å². The average molecular weight is 303 g/mol. The summed E-state index contributed by atoms with van der Waals surface area (Å²) in [6.07, 6.45) is 2.46. The maximum absolute atomic E-state index is 12.0. The molecule has 0 aliphatic carbocycles. The Kier molecular flexibility index (Phi) is 4.95. The van der Waals surface area contributed by atoms with E-state index in [4.69, 9.17) is 0 Å². The van der Waals surface area contributed by atoms with Crippen LogP contribution in [0, 0.1) is 0 Å². The maximum atomic E-state index is 12.0. The molecule has 0 aromatic heterocycles. The fourth-order valence-electron chi connectivity index (χ4n) is 3.31. The lowest BCUT2D eigenvalue weighted by Gasteiger charge is -2.28. The SMILES string of the molecule is O=C(CN1CCC(O)CC1)NCCN1CCc2ccccc21. The molecule has 22 heavy (non-hydrogen) atoms. The van der Waals surface area contributed by atoms with Crippen LogP contribution in [0.25, 0.3) is 0 Å². The van der Waals surface area contributed by atoms with E-state index in [1.165, 1.54) is 11.3 Å². The molecule has 0 atom stereocenters. The molecule has 0 radical (unpaired) electrons. The Morgan fingerprint density at radius 1 is 1.23 bits per heavy atom. The molecular formula is C17H25N3O2. The molecule has 0 spiro atoms. The molecule has 2 aliphatic heterocycles. The minimum absolute atomic E-state index is 0.0869. The van der Waals surface area contributed by atoms with Gasteiger partial charge in [0.2, 0.25) is 5.91 Å². The fourth-order valence-corrected chi connectivity index (χ4v) is 3.31. The van der Waals surface area contributed by atoms with Gasteiger partial charge < -0.3 is 15.3 Å². The van der Waals surface area contributed by atoms with Crippen LogP contribution < -0.4 is 10.2 Å². The van der Waals surface area contributed by atoms with Gasteiger partial charge in [-0.1, -0.05) is 18.2 Å². The number of nitrogens with zero attached hydrogens (tertiary/aromatic N) is 2. The van der Waals surface area contributed by atoms with E-state index in [1.807, 2.05) is 0 Å². The molecule has 2 aliphatic rings. The van der Waals surface area contributed by atoms with Gasteiger partial charge in [0.05, 0.1) is 12.6 Å². The zero-order chi connectivity index (χ0) is 15.4. The third-order valence-corrected chi connectivity index (χ3v) is 4.61. The van der Waals surface area contributed by atoms with Crippen molar-refractivity contribution in [1.82, 2.24) is 10.2 Å². The lowest BCUT2D eigenvalue weighted by Crippen LogP contribution is -2.44. The molecule has 5 heteroatoms. The summed E-state index contributed by atoms with van der Waals surface area (Å²) in [6.45, 7) is 4.66. The highest BCUT2D eigenvalue weighted by molar-refractivity contribution is 5.78. The summed E-state index contributed by atoms with van der Waals surface area (Å²) in [4.78, 5) is 16.4. The number of hydrogen-bond acceptors (Lipinski definition) is 4. The minimum Gasteiger partial charge on any atom is -0.393 e. The number of piperidine rings is 1. The second-order valence-electron chi connectivity index (χ2n) is 6.22. The summed E-state index contributed by atoms with van der Waals surface area (Å²) in [5, 5.41) is 12.5. The predicted molar refractivity (Wildman–Crippen MR) is 87.0 cm³/mol. The second-order valence-corrected chi connectivity index (χ2v) is 6.22. The average Bonchev–Trinajstić information content (AvgIpc) is 2.93. The van der Waals surface area contributed by atoms with Gasteiger partial charge in [-0.15, -0.1) is 0 Å². The number of rotatable bonds is 5. The maximum Gasteiger partial charge on any atom is 0.234 e. The van der Waals surface area contributed by atoms with E-state index < -0.39 is 0 Å². The number of benzene rings is 1. The summed E-state index contributed by atoms with van der Waals surface area (Å²) in [7, 11) is 0. The van der Waals surface area contributed by atoms with Crippen molar-refractivity contribution in [2.24, 2.45) is 0 Å². The highest BCUT2D eigenvalue weighted by Gasteiger charge is 2.20. The number of para-hydroxylation sites is 1. The van der Waals surface area contributed by atoms with Crippen LogP contribution in [-0.4, -0.2) is 61.3 Å². The van der Waals surface area contributed by atoms with Crippen molar-refractivity contribution in [2.75, 3.05) is 44.2 Å². The van der Waals surface area contributed by atoms with E-state index in [0.29, 0.717) is 13.1 Å². The number of likely N-dealkylation sites (tertiary alicyclic amines) is 1. The molecule has 0 unspecified atom stereocenters. The summed E-state index contributed by atoms with van der Waals surface area (Å²) in [5.74, 6) is 0.0869. The number of aliphatic hydroxyl groups excluding tert-OH is 1. The van der Waals surface area contributed by atoms with Crippen LogP contribution in [0.3, 0.4) is 0 Å². The third kappa shape index (κ3) is 3.78. The molecule has 1 saturated heterocycles. The summed E-state index contributed by atoms with van der Waals surface area (Å²) in [6, 6.07) is 8.49. The van der Waals surface area contributed by atoms with Crippen LogP contribution in [0.1, 0.15) is 18.4 Å². The normalized spacial score (nSPS) is 19.2. The fraction of sp³-hybridized carbons (Fsp3) is 0.588. The van der Waals surface area contributed by atoms with Crippen LogP contribution in [0.4, 0.5) is 5.69 Å². The Hall–Kier alpha value is -1.59. The summed E-state index contributed by atoms with van der Waals surface area (Å²) in [5.41, 5.74) is 2.71. The third-order valence-electron chi connectivity index (χ3n) is 4.61. The molecule has 0 saturated carbocycles. The number of anilines is 1.